The van der Waals surface area contributed by atoms with E-state index in [9.17, 15) is 0 Å². The van der Waals surface area contributed by atoms with Crippen molar-refractivity contribution in [2.45, 2.75) is 25.9 Å². The van der Waals surface area contributed by atoms with Gasteiger partial charge < -0.3 is 10.2 Å². The molecule has 1 aromatic carbocycles. The summed E-state index contributed by atoms with van der Waals surface area (Å²) in [7, 11) is 4.15. The Morgan fingerprint density at radius 3 is 2.82 bits per heavy atom. The summed E-state index contributed by atoms with van der Waals surface area (Å²) < 4.78 is 0. The molecule has 0 heterocycles. The van der Waals surface area contributed by atoms with Gasteiger partial charge in [-0.05, 0) is 44.6 Å². The summed E-state index contributed by atoms with van der Waals surface area (Å²) in [5.41, 5.74) is 2.74. The van der Waals surface area contributed by atoms with Crippen molar-refractivity contribution in [3.63, 3.8) is 0 Å². The smallest absolute Gasteiger partial charge is 0.0230 e. The van der Waals surface area contributed by atoms with Crippen LogP contribution in [0.15, 0.2) is 36.9 Å². The van der Waals surface area contributed by atoms with Crippen LogP contribution in [-0.2, 0) is 13.1 Å². The number of rotatable bonds is 8. The van der Waals surface area contributed by atoms with Gasteiger partial charge in [-0.15, -0.1) is 6.58 Å². The Morgan fingerprint density at radius 2 is 2.12 bits per heavy atom. The first kappa shape index (κ1) is 13.9. The number of hydrogen-bond donors (Lipinski definition) is 1. The van der Waals surface area contributed by atoms with Crippen LogP contribution in [0, 0.1) is 0 Å². The monoisotopic (exact) mass is 232 g/mol. The molecule has 94 valence electrons. The van der Waals surface area contributed by atoms with Gasteiger partial charge in [-0.1, -0.05) is 30.3 Å². The van der Waals surface area contributed by atoms with E-state index in [1.54, 1.807) is 0 Å². The van der Waals surface area contributed by atoms with Crippen LogP contribution in [0.25, 0.3) is 0 Å². The summed E-state index contributed by atoms with van der Waals surface area (Å²) in [4.78, 5) is 2.36. The minimum atomic E-state index is 0.939. The summed E-state index contributed by atoms with van der Waals surface area (Å²) >= 11 is 0. The molecule has 0 saturated heterocycles. The van der Waals surface area contributed by atoms with Crippen LogP contribution in [0.5, 0.6) is 0 Å². The predicted molar refractivity (Wildman–Crippen MR) is 75.0 cm³/mol. The number of nitrogens with zero attached hydrogens (tertiary/aromatic N) is 1. The number of allylic oxidation sites excluding steroid dienone is 1. The molecule has 0 unspecified atom stereocenters. The molecule has 17 heavy (non-hydrogen) atoms. The van der Waals surface area contributed by atoms with Gasteiger partial charge in [0, 0.05) is 13.1 Å². The fourth-order valence-corrected chi connectivity index (χ4v) is 1.94. The van der Waals surface area contributed by atoms with Crippen molar-refractivity contribution in [2.75, 3.05) is 20.6 Å². The van der Waals surface area contributed by atoms with Crippen LogP contribution in [0.3, 0.4) is 0 Å². The lowest BCUT2D eigenvalue weighted by atomic mass is 10.1. The molecule has 0 aliphatic rings. The van der Waals surface area contributed by atoms with E-state index in [0.29, 0.717) is 0 Å². The topological polar surface area (TPSA) is 15.3 Å². The lowest BCUT2D eigenvalue weighted by Gasteiger charge is -2.16. The zero-order valence-electron chi connectivity index (χ0n) is 11.1. The normalized spacial score (nSPS) is 10.8. The first-order chi connectivity index (χ1) is 8.26. The highest BCUT2D eigenvalue weighted by atomic mass is 15.1. The highest BCUT2D eigenvalue weighted by Gasteiger charge is 2.00. The van der Waals surface area contributed by atoms with Gasteiger partial charge in [-0.25, -0.2) is 0 Å². The van der Waals surface area contributed by atoms with Crippen molar-refractivity contribution in [3.8, 4) is 0 Å². The number of hydrogen-bond acceptors (Lipinski definition) is 2. The molecule has 1 aromatic rings. The van der Waals surface area contributed by atoms with E-state index in [2.05, 4.69) is 48.1 Å². The molecule has 0 fully saturated rings. The summed E-state index contributed by atoms with van der Waals surface area (Å²) in [5, 5.41) is 3.18. The average Bonchev–Trinajstić information content (AvgIpc) is 2.30. The molecular formula is C15H24N2. The number of nitrogens with one attached hydrogen (secondary N) is 1. The highest BCUT2D eigenvalue weighted by Crippen LogP contribution is 2.08. The maximum Gasteiger partial charge on any atom is 0.0230 e. The second kappa shape index (κ2) is 8.04. The second-order valence-electron chi connectivity index (χ2n) is 4.52. The van der Waals surface area contributed by atoms with Crippen LogP contribution in [0.4, 0.5) is 0 Å². The Bertz CT molecular complexity index is 333. The van der Waals surface area contributed by atoms with E-state index in [1.807, 2.05) is 13.1 Å². The minimum Gasteiger partial charge on any atom is -0.316 e. The Hall–Kier alpha value is -1.12. The van der Waals surface area contributed by atoms with E-state index in [1.165, 1.54) is 17.5 Å². The van der Waals surface area contributed by atoms with Gasteiger partial charge in [0.25, 0.3) is 0 Å². The van der Waals surface area contributed by atoms with Crippen molar-refractivity contribution >= 4 is 0 Å². The lowest BCUT2D eigenvalue weighted by molar-refractivity contribution is 0.323. The standard InChI is InChI=1S/C15H24N2/c1-4-5-6-10-17(3)13-15-9-7-8-14(11-15)12-16-2/h4,7-9,11,16H,1,5-6,10,12-13H2,2-3H3. The molecule has 0 aliphatic heterocycles. The third-order valence-corrected chi connectivity index (χ3v) is 2.77. The lowest BCUT2D eigenvalue weighted by Crippen LogP contribution is -2.19. The molecule has 1 N–H and O–H groups in total. The largest absolute Gasteiger partial charge is 0.316 e. The van der Waals surface area contributed by atoms with Gasteiger partial charge in [0.1, 0.15) is 0 Å². The minimum absolute atomic E-state index is 0.939. The van der Waals surface area contributed by atoms with Crippen molar-refractivity contribution < 1.29 is 0 Å². The van der Waals surface area contributed by atoms with Gasteiger partial charge in [0.05, 0.1) is 0 Å². The molecule has 0 amide bonds. The van der Waals surface area contributed by atoms with Crippen LogP contribution >= 0.6 is 0 Å². The van der Waals surface area contributed by atoms with E-state index in [0.717, 1.165) is 26.1 Å². The molecule has 2 nitrogen and oxygen atoms in total. The van der Waals surface area contributed by atoms with Crippen molar-refractivity contribution in [3.05, 3.63) is 48.0 Å². The number of unbranched alkanes of at least 4 members (excludes halogenated alkanes) is 1. The Kier molecular flexibility index (Phi) is 6.60. The van der Waals surface area contributed by atoms with Gasteiger partial charge in [-0.2, -0.15) is 0 Å². The van der Waals surface area contributed by atoms with Crippen LogP contribution < -0.4 is 5.32 Å². The molecule has 0 radical (unpaired) electrons. The maximum absolute atomic E-state index is 3.75. The zero-order valence-corrected chi connectivity index (χ0v) is 11.1. The van der Waals surface area contributed by atoms with Crippen LogP contribution in [0.1, 0.15) is 24.0 Å². The van der Waals surface area contributed by atoms with Gasteiger partial charge in [-0.3, -0.25) is 0 Å². The molecule has 0 atom stereocenters. The molecule has 2 heteroatoms. The maximum atomic E-state index is 3.75. The van der Waals surface area contributed by atoms with Gasteiger partial charge in [0.2, 0.25) is 0 Å². The van der Waals surface area contributed by atoms with Crippen LogP contribution in [0.2, 0.25) is 0 Å². The van der Waals surface area contributed by atoms with E-state index in [4.69, 9.17) is 0 Å². The van der Waals surface area contributed by atoms with Gasteiger partial charge >= 0.3 is 0 Å². The third-order valence-electron chi connectivity index (χ3n) is 2.77. The van der Waals surface area contributed by atoms with Crippen molar-refractivity contribution in [2.24, 2.45) is 0 Å². The van der Waals surface area contributed by atoms with Gasteiger partial charge in [0.15, 0.2) is 0 Å². The molecular weight excluding hydrogens is 208 g/mol. The summed E-state index contributed by atoms with van der Waals surface area (Å²) in [6, 6.07) is 8.78. The first-order valence-corrected chi connectivity index (χ1v) is 6.28. The third kappa shape index (κ3) is 5.66. The number of benzene rings is 1. The van der Waals surface area contributed by atoms with Crippen molar-refractivity contribution in [1.29, 1.82) is 0 Å². The molecule has 0 spiro atoms. The Balaban J connectivity index is 2.43. The predicted octanol–water partition coefficient (Wildman–Crippen LogP) is 2.80. The average molecular weight is 232 g/mol. The molecule has 0 aliphatic carbocycles. The fourth-order valence-electron chi connectivity index (χ4n) is 1.94. The SMILES string of the molecule is C=CCCCN(C)Cc1cccc(CNC)c1. The summed E-state index contributed by atoms with van der Waals surface area (Å²) in [5.74, 6) is 0. The Morgan fingerprint density at radius 1 is 1.35 bits per heavy atom. The van der Waals surface area contributed by atoms with Crippen molar-refractivity contribution in [1.82, 2.24) is 10.2 Å². The quantitative estimate of drug-likeness (QED) is 0.548. The van der Waals surface area contributed by atoms with E-state index < -0.39 is 0 Å². The zero-order chi connectivity index (χ0) is 12.5. The van der Waals surface area contributed by atoms with E-state index >= 15 is 0 Å². The molecule has 0 bridgehead atoms. The van der Waals surface area contributed by atoms with E-state index in [-0.39, 0.29) is 0 Å². The highest BCUT2D eigenvalue weighted by molar-refractivity contribution is 5.23. The summed E-state index contributed by atoms with van der Waals surface area (Å²) in [6.07, 6.45) is 4.28. The Labute approximate surface area is 105 Å². The molecule has 0 aromatic heterocycles. The molecule has 0 saturated carbocycles. The first-order valence-electron chi connectivity index (χ1n) is 6.28. The van der Waals surface area contributed by atoms with Crippen LogP contribution in [-0.4, -0.2) is 25.5 Å². The second-order valence-corrected chi connectivity index (χ2v) is 4.52. The summed E-state index contributed by atoms with van der Waals surface area (Å²) in [6.45, 7) is 6.84. The molecule has 1 rings (SSSR count). The fraction of sp³-hybridized carbons (Fsp3) is 0.467.